The summed E-state index contributed by atoms with van der Waals surface area (Å²) in [6.45, 7) is 5.36. The minimum atomic E-state index is -0.316. The van der Waals surface area contributed by atoms with Gasteiger partial charge in [-0.2, -0.15) is 0 Å². The van der Waals surface area contributed by atoms with Crippen LogP contribution in [0.4, 0.5) is 0 Å². The third-order valence-electron chi connectivity index (χ3n) is 4.75. The maximum Gasteiger partial charge on any atom is 0.338 e. The van der Waals surface area contributed by atoms with Crippen LogP contribution in [-0.4, -0.2) is 12.6 Å². The van der Waals surface area contributed by atoms with E-state index < -0.39 is 0 Å². The van der Waals surface area contributed by atoms with Gasteiger partial charge < -0.3 is 9.47 Å². The molecule has 1 atom stereocenters. The lowest BCUT2D eigenvalue weighted by molar-refractivity contribution is 0.0472. The monoisotopic (exact) mass is 374 g/mol. The van der Waals surface area contributed by atoms with Crippen LogP contribution >= 0.6 is 0 Å². The van der Waals surface area contributed by atoms with Crippen molar-refractivity contribution in [2.75, 3.05) is 6.61 Å². The Morgan fingerprint density at radius 1 is 0.857 bits per heavy atom. The molecule has 3 aromatic rings. The molecule has 3 rings (SSSR count). The average molecular weight is 374 g/mol. The summed E-state index contributed by atoms with van der Waals surface area (Å²) in [5.74, 6) is 1.11. The quantitative estimate of drug-likeness (QED) is 0.445. The number of esters is 1. The molecule has 0 aliphatic carbocycles. The molecule has 1 unspecified atom stereocenters. The number of hydrogen-bond acceptors (Lipinski definition) is 3. The van der Waals surface area contributed by atoms with Crippen LogP contribution in [-0.2, 0) is 11.3 Å². The van der Waals surface area contributed by atoms with Crippen LogP contribution in [0.2, 0.25) is 0 Å². The number of rotatable bonds is 8. The van der Waals surface area contributed by atoms with Gasteiger partial charge in [-0.1, -0.05) is 74.9 Å². The highest BCUT2D eigenvalue weighted by molar-refractivity contribution is 5.90. The van der Waals surface area contributed by atoms with E-state index in [1.807, 2.05) is 66.7 Å². The Balaban J connectivity index is 1.58. The summed E-state index contributed by atoms with van der Waals surface area (Å²) in [4.78, 5) is 12.2. The molecule has 3 heteroatoms. The largest absolute Gasteiger partial charge is 0.493 e. The van der Waals surface area contributed by atoms with E-state index in [1.54, 1.807) is 12.1 Å². The van der Waals surface area contributed by atoms with Crippen LogP contribution in [0.1, 0.15) is 36.2 Å². The number of carbonyl (C=O) groups excluding carboxylic acids is 1. The van der Waals surface area contributed by atoms with Crippen LogP contribution in [0, 0.1) is 5.92 Å². The fourth-order valence-electron chi connectivity index (χ4n) is 2.71. The van der Waals surface area contributed by atoms with Crippen LogP contribution in [0.15, 0.2) is 78.9 Å². The minimum absolute atomic E-state index is 0.277. The van der Waals surface area contributed by atoms with Crippen molar-refractivity contribution in [3.8, 4) is 16.9 Å². The Labute approximate surface area is 166 Å². The van der Waals surface area contributed by atoms with Gasteiger partial charge in [0.25, 0.3) is 0 Å². The molecule has 0 aliphatic rings. The number of benzene rings is 3. The smallest absolute Gasteiger partial charge is 0.338 e. The Morgan fingerprint density at radius 2 is 1.46 bits per heavy atom. The molecule has 0 amide bonds. The summed E-state index contributed by atoms with van der Waals surface area (Å²) in [6, 6.07) is 25.2. The van der Waals surface area contributed by atoms with Gasteiger partial charge in [-0.25, -0.2) is 4.79 Å². The van der Waals surface area contributed by atoms with Crippen molar-refractivity contribution in [1.82, 2.24) is 0 Å². The van der Waals surface area contributed by atoms with Gasteiger partial charge in [0.15, 0.2) is 0 Å². The topological polar surface area (TPSA) is 35.5 Å². The van der Waals surface area contributed by atoms with Gasteiger partial charge in [-0.15, -0.1) is 0 Å². The minimum Gasteiger partial charge on any atom is -0.493 e. The number of carbonyl (C=O) groups is 1. The molecule has 3 aromatic carbocycles. The molecule has 28 heavy (non-hydrogen) atoms. The second-order valence-electron chi connectivity index (χ2n) is 6.99. The third kappa shape index (κ3) is 5.46. The highest BCUT2D eigenvalue weighted by atomic mass is 16.5. The maximum atomic E-state index is 12.2. The number of ether oxygens (including phenoxy) is 2. The Morgan fingerprint density at radius 3 is 2.07 bits per heavy atom. The number of hydrogen-bond donors (Lipinski definition) is 0. The molecule has 0 radical (unpaired) electrons. The van der Waals surface area contributed by atoms with Crippen molar-refractivity contribution in [3.63, 3.8) is 0 Å². The predicted octanol–water partition coefficient (Wildman–Crippen LogP) is 6.14. The van der Waals surface area contributed by atoms with Crippen LogP contribution in [0.25, 0.3) is 11.1 Å². The van der Waals surface area contributed by atoms with Gasteiger partial charge in [-0.05, 0) is 46.9 Å². The molecule has 0 spiro atoms. The molecule has 0 N–H and O–H groups in total. The summed E-state index contributed by atoms with van der Waals surface area (Å²) in [7, 11) is 0. The Hall–Kier alpha value is -3.07. The maximum absolute atomic E-state index is 12.2. The van der Waals surface area contributed by atoms with Crippen molar-refractivity contribution in [2.24, 2.45) is 5.92 Å². The molecule has 0 aromatic heterocycles. The predicted molar refractivity (Wildman–Crippen MR) is 112 cm³/mol. The Bertz CT molecular complexity index is 868. The third-order valence-corrected chi connectivity index (χ3v) is 4.75. The van der Waals surface area contributed by atoms with E-state index in [2.05, 4.69) is 13.8 Å². The highest BCUT2D eigenvalue weighted by Gasteiger charge is 2.08. The van der Waals surface area contributed by atoms with Crippen molar-refractivity contribution >= 4 is 5.97 Å². The normalized spacial score (nSPS) is 11.6. The first kappa shape index (κ1) is 19.7. The van der Waals surface area contributed by atoms with Gasteiger partial charge >= 0.3 is 5.97 Å². The lowest BCUT2D eigenvalue weighted by Crippen LogP contribution is -2.07. The standard InChI is InChI=1S/C25H26O3/c1-3-19(2)17-27-24-15-13-22(14-16-24)21-9-11-23(12-10-21)25(26)28-18-20-7-5-4-6-8-20/h4-16,19H,3,17-18H2,1-2H3. The first-order valence-electron chi connectivity index (χ1n) is 9.70. The van der Waals surface area contributed by atoms with Crippen LogP contribution < -0.4 is 4.74 Å². The van der Waals surface area contributed by atoms with E-state index in [0.29, 0.717) is 11.5 Å². The zero-order chi connectivity index (χ0) is 19.8. The first-order valence-corrected chi connectivity index (χ1v) is 9.70. The molecule has 0 heterocycles. The van der Waals surface area contributed by atoms with Crippen molar-refractivity contribution in [2.45, 2.75) is 26.9 Å². The van der Waals surface area contributed by atoms with Gasteiger partial charge in [-0.3, -0.25) is 0 Å². The molecule has 0 fully saturated rings. The zero-order valence-electron chi connectivity index (χ0n) is 16.4. The SMILES string of the molecule is CCC(C)COc1ccc(-c2ccc(C(=O)OCc3ccccc3)cc2)cc1. The summed E-state index contributed by atoms with van der Waals surface area (Å²) < 4.78 is 11.2. The second kappa shape index (κ2) is 9.75. The molecule has 0 aliphatic heterocycles. The highest BCUT2D eigenvalue weighted by Crippen LogP contribution is 2.23. The molecule has 0 saturated carbocycles. The van der Waals surface area contributed by atoms with E-state index in [9.17, 15) is 4.79 Å². The van der Waals surface area contributed by atoms with Crippen molar-refractivity contribution in [1.29, 1.82) is 0 Å². The van der Waals surface area contributed by atoms with Gasteiger partial charge in [0.2, 0.25) is 0 Å². The van der Waals surface area contributed by atoms with Gasteiger partial charge in [0.1, 0.15) is 12.4 Å². The fourth-order valence-corrected chi connectivity index (χ4v) is 2.71. The summed E-state index contributed by atoms with van der Waals surface area (Å²) >= 11 is 0. The summed E-state index contributed by atoms with van der Waals surface area (Å²) in [5, 5.41) is 0. The fraction of sp³-hybridized carbons (Fsp3) is 0.240. The van der Waals surface area contributed by atoms with Crippen LogP contribution in [0.3, 0.4) is 0 Å². The van der Waals surface area contributed by atoms with E-state index in [1.165, 1.54) is 0 Å². The first-order chi connectivity index (χ1) is 13.7. The van der Waals surface area contributed by atoms with Gasteiger partial charge in [0.05, 0.1) is 12.2 Å². The summed E-state index contributed by atoms with van der Waals surface area (Å²) in [5.41, 5.74) is 3.66. The molecular weight excluding hydrogens is 348 g/mol. The molecular formula is C25H26O3. The van der Waals surface area contributed by atoms with Crippen molar-refractivity contribution in [3.05, 3.63) is 90.0 Å². The zero-order valence-corrected chi connectivity index (χ0v) is 16.4. The molecule has 144 valence electrons. The van der Waals surface area contributed by atoms with Crippen LogP contribution in [0.5, 0.6) is 5.75 Å². The van der Waals surface area contributed by atoms with E-state index in [4.69, 9.17) is 9.47 Å². The van der Waals surface area contributed by atoms with E-state index in [-0.39, 0.29) is 12.6 Å². The molecule has 3 nitrogen and oxygen atoms in total. The molecule has 0 bridgehead atoms. The lowest BCUT2D eigenvalue weighted by Gasteiger charge is -2.11. The summed E-state index contributed by atoms with van der Waals surface area (Å²) in [6.07, 6.45) is 1.11. The van der Waals surface area contributed by atoms with Gasteiger partial charge in [0, 0.05) is 0 Å². The van der Waals surface area contributed by atoms with E-state index >= 15 is 0 Å². The Kier molecular flexibility index (Phi) is 6.85. The van der Waals surface area contributed by atoms with E-state index in [0.717, 1.165) is 35.5 Å². The average Bonchev–Trinajstić information content (AvgIpc) is 2.77. The lowest BCUT2D eigenvalue weighted by atomic mass is 10.0. The second-order valence-corrected chi connectivity index (χ2v) is 6.99. The molecule has 0 saturated heterocycles. The van der Waals surface area contributed by atoms with Crippen molar-refractivity contribution < 1.29 is 14.3 Å².